The van der Waals surface area contributed by atoms with Crippen LogP contribution in [0.4, 0.5) is 5.69 Å². The second-order valence-electron chi connectivity index (χ2n) is 5.21. The number of furan rings is 1. The average Bonchev–Trinajstić information content (AvgIpc) is 3.09. The van der Waals surface area contributed by atoms with Crippen LogP contribution in [0.3, 0.4) is 0 Å². The van der Waals surface area contributed by atoms with Crippen molar-refractivity contribution < 1.29 is 19.1 Å². The van der Waals surface area contributed by atoms with E-state index >= 15 is 0 Å². The quantitative estimate of drug-likeness (QED) is 0.709. The van der Waals surface area contributed by atoms with Crippen LogP contribution >= 0.6 is 0 Å². The SMILES string of the molecule is COc1ccc(C(=O)O)cc1NCc1ccc(-c2ccccc2)o1. The molecule has 0 spiro atoms. The summed E-state index contributed by atoms with van der Waals surface area (Å²) < 4.78 is 11.1. The summed E-state index contributed by atoms with van der Waals surface area (Å²) in [5, 5.41) is 12.3. The van der Waals surface area contributed by atoms with Gasteiger partial charge in [-0.2, -0.15) is 0 Å². The fourth-order valence-corrected chi connectivity index (χ4v) is 2.39. The van der Waals surface area contributed by atoms with Gasteiger partial charge >= 0.3 is 5.97 Å². The molecule has 0 aliphatic heterocycles. The number of aromatic carboxylic acids is 1. The molecular formula is C19H17NO4. The van der Waals surface area contributed by atoms with Crippen molar-refractivity contribution in [1.82, 2.24) is 0 Å². The Kier molecular flexibility index (Phi) is 4.52. The molecule has 0 aliphatic carbocycles. The molecule has 2 N–H and O–H groups in total. The van der Waals surface area contributed by atoms with Gasteiger partial charge in [-0.15, -0.1) is 0 Å². The van der Waals surface area contributed by atoms with Gasteiger partial charge in [0.15, 0.2) is 0 Å². The molecule has 0 fully saturated rings. The van der Waals surface area contributed by atoms with E-state index in [1.807, 2.05) is 42.5 Å². The molecule has 0 saturated carbocycles. The van der Waals surface area contributed by atoms with Crippen LogP contribution in [0.2, 0.25) is 0 Å². The van der Waals surface area contributed by atoms with E-state index in [1.165, 1.54) is 6.07 Å². The molecule has 0 unspecified atom stereocenters. The van der Waals surface area contributed by atoms with Crippen molar-refractivity contribution >= 4 is 11.7 Å². The zero-order valence-corrected chi connectivity index (χ0v) is 13.2. The number of benzene rings is 2. The summed E-state index contributed by atoms with van der Waals surface area (Å²) in [5.41, 5.74) is 1.81. The first-order valence-electron chi connectivity index (χ1n) is 7.46. The van der Waals surface area contributed by atoms with E-state index < -0.39 is 5.97 Å². The summed E-state index contributed by atoms with van der Waals surface area (Å²) in [7, 11) is 1.54. The number of methoxy groups -OCH3 is 1. The highest BCUT2D eigenvalue weighted by atomic mass is 16.5. The van der Waals surface area contributed by atoms with Crippen molar-refractivity contribution in [2.45, 2.75) is 6.54 Å². The third-order valence-corrected chi connectivity index (χ3v) is 3.62. The van der Waals surface area contributed by atoms with Crippen molar-refractivity contribution in [2.75, 3.05) is 12.4 Å². The number of hydrogen-bond acceptors (Lipinski definition) is 4. The average molecular weight is 323 g/mol. The smallest absolute Gasteiger partial charge is 0.335 e. The van der Waals surface area contributed by atoms with Gasteiger partial charge in [-0.1, -0.05) is 30.3 Å². The van der Waals surface area contributed by atoms with Crippen LogP contribution in [-0.4, -0.2) is 18.2 Å². The maximum Gasteiger partial charge on any atom is 0.335 e. The third-order valence-electron chi connectivity index (χ3n) is 3.62. The van der Waals surface area contributed by atoms with Gasteiger partial charge in [-0.05, 0) is 30.3 Å². The molecule has 0 radical (unpaired) electrons. The van der Waals surface area contributed by atoms with Crippen LogP contribution in [0.5, 0.6) is 5.75 Å². The summed E-state index contributed by atoms with van der Waals surface area (Å²) in [4.78, 5) is 11.1. The molecule has 2 aromatic carbocycles. The van der Waals surface area contributed by atoms with E-state index in [2.05, 4.69) is 5.32 Å². The van der Waals surface area contributed by atoms with Crippen molar-refractivity contribution in [3.05, 3.63) is 72.0 Å². The van der Waals surface area contributed by atoms with E-state index in [0.717, 1.165) is 17.1 Å². The highest BCUT2D eigenvalue weighted by molar-refractivity contribution is 5.89. The number of carboxylic acid groups (broad SMARTS) is 1. The van der Waals surface area contributed by atoms with E-state index in [1.54, 1.807) is 19.2 Å². The van der Waals surface area contributed by atoms with Crippen LogP contribution in [0.25, 0.3) is 11.3 Å². The number of hydrogen-bond donors (Lipinski definition) is 2. The molecule has 0 bridgehead atoms. The first-order valence-corrected chi connectivity index (χ1v) is 7.46. The number of nitrogens with one attached hydrogen (secondary N) is 1. The Morgan fingerprint density at radius 1 is 1.12 bits per heavy atom. The molecule has 24 heavy (non-hydrogen) atoms. The second kappa shape index (κ2) is 6.91. The van der Waals surface area contributed by atoms with Gasteiger partial charge in [-0.25, -0.2) is 4.79 Å². The Hall–Kier alpha value is -3.21. The van der Waals surface area contributed by atoms with E-state index in [0.29, 0.717) is 18.0 Å². The molecule has 3 rings (SSSR count). The van der Waals surface area contributed by atoms with Gasteiger partial charge < -0.3 is 19.6 Å². The number of rotatable bonds is 6. The summed E-state index contributed by atoms with van der Waals surface area (Å²) in [5.74, 6) is 1.13. The first kappa shape index (κ1) is 15.7. The molecule has 0 aliphatic rings. The van der Waals surface area contributed by atoms with Crippen molar-refractivity contribution in [3.63, 3.8) is 0 Å². The summed E-state index contributed by atoms with van der Waals surface area (Å²) >= 11 is 0. The lowest BCUT2D eigenvalue weighted by atomic mass is 10.2. The zero-order valence-electron chi connectivity index (χ0n) is 13.2. The Morgan fingerprint density at radius 2 is 1.92 bits per heavy atom. The van der Waals surface area contributed by atoms with E-state index in [-0.39, 0.29) is 5.56 Å². The lowest BCUT2D eigenvalue weighted by Crippen LogP contribution is -2.03. The minimum absolute atomic E-state index is 0.197. The predicted molar refractivity (Wildman–Crippen MR) is 91.4 cm³/mol. The number of carbonyl (C=O) groups is 1. The van der Waals surface area contributed by atoms with Gasteiger partial charge in [-0.3, -0.25) is 0 Å². The molecule has 0 amide bonds. The van der Waals surface area contributed by atoms with Gasteiger partial charge in [0.25, 0.3) is 0 Å². The zero-order chi connectivity index (χ0) is 16.9. The second-order valence-corrected chi connectivity index (χ2v) is 5.21. The standard InChI is InChI=1S/C19H17NO4/c1-23-18-9-7-14(19(21)22)11-16(18)20-12-15-8-10-17(24-15)13-5-3-2-4-6-13/h2-11,20H,12H2,1H3,(H,21,22). The highest BCUT2D eigenvalue weighted by Gasteiger charge is 2.10. The molecule has 0 saturated heterocycles. The molecule has 3 aromatic rings. The molecule has 1 heterocycles. The minimum Gasteiger partial charge on any atom is -0.495 e. The van der Waals surface area contributed by atoms with E-state index in [9.17, 15) is 4.79 Å². The normalized spacial score (nSPS) is 10.4. The predicted octanol–water partition coefficient (Wildman–Crippen LogP) is 4.27. The Labute approximate surface area is 139 Å². The number of anilines is 1. The fraction of sp³-hybridized carbons (Fsp3) is 0.105. The minimum atomic E-state index is -0.981. The van der Waals surface area contributed by atoms with Crippen LogP contribution in [0.1, 0.15) is 16.1 Å². The van der Waals surface area contributed by atoms with Crippen LogP contribution in [-0.2, 0) is 6.54 Å². The van der Waals surface area contributed by atoms with Crippen LogP contribution in [0.15, 0.2) is 65.1 Å². The number of carboxylic acids is 1. The molecule has 1 aromatic heterocycles. The Bertz CT molecular complexity index is 840. The molecular weight excluding hydrogens is 306 g/mol. The Morgan fingerprint density at radius 3 is 2.62 bits per heavy atom. The summed E-state index contributed by atoms with van der Waals surface area (Å²) in [6.07, 6.45) is 0. The fourth-order valence-electron chi connectivity index (χ4n) is 2.39. The van der Waals surface area contributed by atoms with Crippen molar-refractivity contribution in [2.24, 2.45) is 0 Å². The molecule has 122 valence electrons. The first-order chi connectivity index (χ1) is 11.7. The maximum atomic E-state index is 11.1. The lowest BCUT2D eigenvalue weighted by molar-refractivity contribution is 0.0697. The third kappa shape index (κ3) is 3.41. The van der Waals surface area contributed by atoms with Crippen LogP contribution < -0.4 is 10.1 Å². The molecule has 5 heteroatoms. The largest absolute Gasteiger partial charge is 0.495 e. The van der Waals surface area contributed by atoms with Crippen LogP contribution in [0, 0.1) is 0 Å². The van der Waals surface area contributed by atoms with Gasteiger partial charge in [0.05, 0.1) is 24.9 Å². The van der Waals surface area contributed by atoms with Crippen molar-refractivity contribution in [3.8, 4) is 17.1 Å². The summed E-state index contributed by atoms with van der Waals surface area (Å²) in [6.45, 7) is 0.423. The monoisotopic (exact) mass is 323 g/mol. The van der Waals surface area contributed by atoms with Gasteiger partial charge in [0, 0.05) is 5.56 Å². The van der Waals surface area contributed by atoms with E-state index in [4.69, 9.17) is 14.3 Å². The van der Waals surface area contributed by atoms with Gasteiger partial charge in [0.2, 0.25) is 0 Å². The maximum absolute atomic E-state index is 11.1. The highest BCUT2D eigenvalue weighted by Crippen LogP contribution is 2.27. The summed E-state index contributed by atoms with van der Waals surface area (Å²) in [6, 6.07) is 18.3. The van der Waals surface area contributed by atoms with Crippen molar-refractivity contribution in [1.29, 1.82) is 0 Å². The topological polar surface area (TPSA) is 71.7 Å². The molecule has 0 atom stereocenters. The molecule has 5 nitrogen and oxygen atoms in total. The van der Waals surface area contributed by atoms with Gasteiger partial charge in [0.1, 0.15) is 17.3 Å². The number of ether oxygens (including phenoxy) is 1. The Balaban J connectivity index is 1.75. The lowest BCUT2D eigenvalue weighted by Gasteiger charge is -2.11.